The molecule has 0 saturated carbocycles. The number of rotatable bonds is 4. The molecular weight excluding hydrogens is 479 g/mol. The van der Waals surface area contributed by atoms with E-state index in [0.29, 0.717) is 52.8 Å². The van der Waals surface area contributed by atoms with Crippen LogP contribution in [0, 0.1) is 0 Å². The van der Waals surface area contributed by atoms with Gasteiger partial charge in [-0.1, -0.05) is 41.4 Å². The van der Waals surface area contributed by atoms with Crippen molar-refractivity contribution in [3.05, 3.63) is 74.7 Å². The number of aromatic nitrogens is 1. The van der Waals surface area contributed by atoms with E-state index in [2.05, 4.69) is 9.88 Å². The number of carbonyl (C=O) groups excluding carboxylic acids is 2. The summed E-state index contributed by atoms with van der Waals surface area (Å²) in [5.74, 6) is 0.0592. The average molecular weight is 501 g/mol. The minimum absolute atomic E-state index is 0.0133. The number of halogens is 2. The number of hydrogen-bond donors (Lipinski definition) is 0. The molecule has 0 spiro atoms. The Morgan fingerprint density at radius 2 is 1.55 bits per heavy atom. The smallest absolute Gasteiger partial charge is 0.282 e. The van der Waals surface area contributed by atoms with Crippen LogP contribution in [0.15, 0.2) is 54.0 Å². The van der Waals surface area contributed by atoms with Crippen LogP contribution in [-0.2, 0) is 0 Å². The standard InChI is InChI=1S/C24H22Cl2N4O2S/c25-20-6-5-18(13-21(20)26)16-1-3-17(4-2-16)23(31)30-14-19(15-30)28-8-10-29(11-9-28)24(32)22-27-7-12-33-22/h1-7,12-13,19H,8-11,14-15H2. The molecule has 2 fully saturated rings. The summed E-state index contributed by atoms with van der Waals surface area (Å²) in [6, 6.07) is 13.4. The van der Waals surface area contributed by atoms with Crippen LogP contribution in [0.4, 0.5) is 0 Å². The van der Waals surface area contributed by atoms with Gasteiger partial charge in [0.15, 0.2) is 5.01 Å². The third kappa shape index (κ3) is 4.64. The highest BCUT2D eigenvalue weighted by Crippen LogP contribution is 2.29. The zero-order valence-electron chi connectivity index (χ0n) is 17.8. The summed E-state index contributed by atoms with van der Waals surface area (Å²) >= 11 is 13.5. The Morgan fingerprint density at radius 3 is 2.18 bits per heavy atom. The van der Waals surface area contributed by atoms with Crippen LogP contribution in [-0.4, -0.2) is 76.8 Å². The molecule has 0 radical (unpaired) electrons. The van der Waals surface area contributed by atoms with Gasteiger partial charge in [0.05, 0.1) is 10.0 Å². The molecule has 9 heteroatoms. The molecule has 3 heterocycles. The number of piperazine rings is 1. The molecule has 0 N–H and O–H groups in total. The lowest BCUT2D eigenvalue weighted by molar-refractivity contribution is 0.00853. The van der Waals surface area contributed by atoms with Crippen LogP contribution in [0.3, 0.4) is 0 Å². The SMILES string of the molecule is O=C(c1ccc(-c2ccc(Cl)c(Cl)c2)cc1)N1CC(N2CCN(C(=O)c3nccs3)CC2)C1. The zero-order valence-corrected chi connectivity index (χ0v) is 20.1. The van der Waals surface area contributed by atoms with Gasteiger partial charge in [0, 0.05) is 62.5 Å². The number of carbonyl (C=O) groups is 2. The number of hydrogen-bond acceptors (Lipinski definition) is 5. The van der Waals surface area contributed by atoms with Crippen molar-refractivity contribution in [3.8, 4) is 11.1 Å². The Bertz CT molecular complexity index is 1160. The molecule has 3 aromatic rings. The molecule has 6 nitrogen and oxygen atoms in total. The summed E-state index contributed by atoms with van der Waals surface area (Å²) < 4.78 is 0. The van der Waals surface area contributed by atoms with Crippen LogP contribution in [0.5, 0.6) is 0 Å². The number of amides is 2. The van der Waals surface area contributed by atoms with Crippen molar-refractivity contribution < 1.29 is 9.59 Å². The first-order chi connectivity index (χ1) is 16.0. The monoisotopic (exact) mass is 500 g/mol. The van der Waals surface area contributed by atoms with Gasteiger partial charge in [-0.2, -0.15) is 0 Å². The van der Waals surface area contributed by atoms with E-state index in [1.807, 2.05) is 51.6 Å². The normalized spacial score (nSPS) is 17.2. The fourth-order valence-electron chi connectivity index (χ4n) is 4.27. The summed E-state index contributed by atoms with van der Waals surface area (Å²) in [6.45, 7) is 4.46. The van der Waals surface area contributed by atoms with E-state index in [4.69, 9.17) is 23.2 Å². The van der Waals surface area contributed by atoms with E-state index < -0.39 is 0 Å². The van der Waals surface area contributed by atoms with E-state index in [9.17, 15) is 9.59 Å². The van der Waals surface area contributed by atoms with Crippen LogP contribution < -0.4 is 0 Å². The molecule has 0 bridgehead atoms. The highest BCUT2D eigenvalue weighted by molar-refractivity contribution is 7.11. The van der Waals surface area contributed by atoms with Crippen LogP contribution in [0.2, 0.25) is 10.0 Å². The maximum absolute atomic E-state index is 12.9. The van der Waals surface area contributed by atoms with E-state index in [1.165, 1.54) is 11.3 Å². The fourth-order valence-corrected chi connectivity index (χ4v) is 5.17. The van der Waals surface area contributed by atoms with Gasteiger partial charge >= 0.3 is 0 Å². The van der Waals surface area contributed by atoms with E-state index >= 15 is 0 Å². The van der Waals surface area contributed by atoms with Gasteiger partial charge in [-0.05, 0) is 35.4 Å². The second-order valence-electron chi connectivity index (χ2n) is 8.24. The van der Waals surface area contributed by atoms with Gasteiger partial charge in [-0.25, -0.2) is 4.98 Å². The molecule has 2 amide bonds. The molecule has 2 aliphatic rings. The van der Waals surface area contributed by atoms with E-state index in [0.717, 1.165) is 24.2 Å². The van der Waals surface area contributed by atoms with E-state index in [1.54, 1.807) is 12.3 Å². The topological polar surface area (TPSA) is 56.8 Å². The van der Waals surface area contributed by atoms with Crippen molar-refractivity contribution in [2.45, 2.75) is 6.04 Å². The van der Waals surface area contributed by atoms with Crippen molar-refractivity contribution >= 4 is 46.4 Å². The quantitative estimate of drug-likeness (QED) is 0.532. The summed E-state index contributed by atoms with van der Waals surface area (Å²) in [5.41, 5.74) is 2.62. The molecular formula is C24H22Cl2N4O2S. The molecule has 2 saturated heterocycles. The average Bonchev–Trinajstić information content (AvgIpc) is 3.35. The highest BCUT2D eigenvalue weighted by Gasteiger charge is 2.37. The molecule has 2 aliphatic heterocycles. The van der Waals surface area contributed by atoms with Gasteiger partial charge < -0.3 is 9.80 Å². The Labute approximate surface area is 206 Å². The first-order valence-corrected chi connectivity index (χ1v) is 12.4. The predicted molar refractivity (Wildman–Crippen MR) is 131 cm³/mol. The highest BCUT2D eigenvalue weighted by atomic mass is 35.5. The number of benzene rings is 2. The van der Waals surface area contributed by atoms with Crippen molar-refractivity contribution in [2.75, 3.05) is 39.3 Å². The fraction of sp³-hybridized carbons (Fsp3) is 0.292. The summed E-state index contributed by atoms with van der Waals surface area (Å²) in [5, 5.41) is 3.40. The van der Waals surface area contributed by atoms with E-state index in [-0.39, 0.29) is 11.8 Å². The minimum Gasteiger partial charge on any atom is -0.335 e. The Hall–Kier alpha value is -2.45. The van der Waals surface area contributed by atoms with Crippen molar-refractivity contribution in [3.63, 3.8) is 0 Å². The summed E-state index contributed by atoms with van der Waals surface area (Å²) in [4.78, 5) is 35.6. The molecule has 33 heavy (non-hydrogen) atoms. The lowest BCUT2D eigenvalue weighted by atomic mass is 10.0. The Balaban J connectivity index is 1.13. The maximum atomic E-state index is 12.9. The molecule has 170 valence electrons. The predicted octanol–water partition coefficient (Wildman–Crippen LogP) is 4.40. The number of likely N-dealkylation sites (tertiary alicyclic amines) is 1. The lowest BCUT2D eigenvalue weighted by Gasteiger charge is -2.48. The lowest BCUT2D eigenvalue weighted by Crippen LogP contribution is -2.64. The first kappa shape index (κ1) is 22.3. The van der Waals surface area contributed by atoms with Gasteiger partial charge in [0.2, 0.25) is 0 Å². The van der Waals surface area contributed by atoms with Crippen LogP contribution >= 0.6 is 34.5 Å². The zero-order chi connectivity index (χ0) is 22.9. The molecule has 0 atom stereocenters. The maximum Gasteiger partial charge on any atom is 0.282 e. The molecule has 1 aromatic heterocycles. The van der Waals surface area contributed by atoms with Crippen LogP contribution in [0.1, 0.15) is 20.2 Å². The number of nitrogens with zero attached hydrogens (tertiary/aromatic N) is 4. The molecule has 0 unspecified atom stereocenters. The second-order valence-corrected chi connectivity index (χ2v) is 9.94. The van der Waals surface area contributed by atoms with Gasteiger partial charge in [0.1, 0.15) is 0 Å². The Kier molecular flexibility index (Phi) is 6.38. The summed E-state index contributed by atoms with van der Waals surface area (Å²) in [7, 11) is 0. The van der Waals surface area contributed by atoms with Crippen molar-refractivity contribution in [2.24, 2.45) is 0 Å². The molecule has 0 aliphatic carbocycles. The van der Waals surface area contributed by atoms with Crippen molar-refractivity contribution in [1.82, 2.24) is 19.7 Å². The van der Waals surface area contributed by atoms with Crippen molar-refractivity contribution in [1.29, 1.82) is 0 Å². The third-order valence-electron chi connectivity index (χ3n) is 6.27. The van der Waals surface area contributed by atoms with Gasteiger partial charge in [0.25, 0.3) is 11.8 Å². The third-order valence-corrected chi connectivity index (χ3v) is 7.77. The second kappa shape index (κ2) is 9.43. The number of thiazole rings is 1. The largest absolute Gasteiger partial charge is 0.335 e. The minimum atomic E-state index is 0.0133. The Morgan fingerprint density at radius 1 is 0.848 bits per heavy atom. The summed E-state index contributed by atoms with van der Waals surface area (Å²) in [6.07, 6.45) is 1.66. The van der Waals surface area contributed by atoms with Crippen LogP contribution in [0.25, 0.3) is 11.1 Å². The van der Waals surface area contributed by atoms with Gasteiger partial charge in [-0.15, -0.1) is 11.3 Å². The molecule has 2 aromatic carbocycles. The molecule has 5 rings (SSSR count). The van der Waals surface area contributed by atoms with Gasteiger partial charge in [-0.3, -0.25) is 14.5 Å². The first-order valence-electron chi connectivity index (χ1n) is 10.8.